The Labute approximate surface area is 146 Å². The van der Waals surface area contributed by atoms with Gasteiger partial charge in [-0.3, -0.25) is 4.98 Å². The van der Waals surface area contributed by atoms with Crippen LogP contribution in [0.5, 0.6) is 0 Å². The second-order valence-corrected chi connectivity index (χ2v) is 6.22. The molecule has 1 aliphatic heterocycles. The molecule has 1 saturated heterocycles. The van der Waals surface area contributed by atoms with Crippen molar-refractivity contribution in [3.8, 4) is 0 Å². The van der Waals surface area contributed by atoms with Gasteiger partial charge < -0.3 is 20.7 Å². The van der Waals surface area contributed by atoms with Crippen molar-refractivity contribution in [2.75, 3.05) is 36.1 Å². The first-order valence-electron chi connectivity index (χ1n) is 7.80. The molecule has 2 aromatic heterocycles. The molecule has 0 amide bonds. The number of hydrogen-bond acceptors (Lipinski definition) is 7. The Morgan fingerprint density at radius 2 is 2.25 bits per heavy atom. The summed E-state index contributed by atoms with van der Waals surface area (Å²) in [6.07, 6.45) is 4.29. The minimum atomic E-state index is 0.155. The van der Waals surface area contributed by atoms with Gasteiger partial charge in [-0.05, 0) is 19.4 Å². The largest absolute Gasteiger partial charge is 0.384 e. The summed E-state index contributed by atoms with van der Waals surface area (Å²) in [7, 11) is 1.73. The van der Waals surface area contributed by atoms with Gasteiger partial charge in [-0.25, -0.2) is 9.97 Å². The number of nitrogens with zero attached hydrogens (tertiary/aromatic N) is 4. The lowest BCUT2D eigenvalue weighted by Gasteiger charge is -2.26. The van der Waals surface area contributed by atoms with E-state index >= 15 is 0 Å². The van der Waals surface area contributed by atoms with Crippen LogP contribution in [0.15, 0.2) is 24.7 Å². The average Bonchev–Trinajstić information content (AvgIpc) is 2.99. The molecule has 3 heterocycles. The Hall–Kier alpha value is -2.12. The molecule has 0 saturated carbocycles. The molecule has 0 aromatic carbocycles. The number of ether oxygens (including phenoxy) is 1. The van der Waals surface area contributed by atoms with Gasteiger partial charge in [-0.1, -0.05) is 11.6 Å². The second-order valence-electron chi connectivity index (χ2n) is 5.84. The third-order valence-corrected chi connectivity index (χ3v) is 4.75. The van der Waals surface area contributed by atoms with Gasteiger partial charge in [0.25, 0.3) is 0 Å². The molecule has 2 aromatic rings. The third-order valence-electron chi connectivity index (χ3n) is 4.27. The highest BCUT2D eigenvalue weighted by molar-refractivity contribution is 6.33. The van der Waals surface area contributed by atoms with E-state index in [1.807, 2.05) is 13.0 Å². The zero-order valence-corrected chi connectivity index (χ0v) is 14.5. The lowest BCUT2D eigenvalue weighted by Crippen LogP contribution is -2.35. The lowest BCUT2D eigenvalue weighted by atomic mass is 10.2. The predicted octanol–water partition coefficient (Wildman–Crippen LogP) is 2.12. The molecular formula is C16H21ClN6O. The first-order chi connectivity index (χ1) is 11.6. The molecular weight excluding hydrogens is 328 g/mol. The number of halogens is 1. The number of pyridine rings is 1. The molecule has 24 heavy (non-hydrogen) atoms. The first kappa shape index (κ1) is 16.7. The van der Waals surface area contributed by atoms with Crippen LogP contribution in [-0.4, -0.2) is 47.3 Å². The minimum absolute atomic E-state index is 0.155. The van der Waals surface area contributed by atoms with Crippen molar-refractivity contribution in [3.05, 3.63) is 35.4 Å². The summed E-state index contributed by atoms with van der Waals surface area (Å²) < 4.78 is 5.54. The van der Waals surface area contributed by atoms with E-state index in [1.54, 1.807) is 19.4 Å². The highest BCUT2D eigenvalue weighted by atomic mass is 35.5. The number of hydrogen-bond donors (Lipinski definition) is 2. The van der Waals surface area contributed by atoms with Gasteiger partial charge in [0.05, 0.1) is 28.5 Å². The zero-order valence-electron chi connectivity index (χ0n) is 13.7. The molecule has 128 valence electrons. The Kier molecular flexibility index (Phi) is 5.01. The Balaban J connectivity index is 1.75. The fraction of sp³-hybridized carbons (Fsp3) is 0.438. The van der Waals surface area contributed by atoms with Gasteiger partial charge in [-0.2, -0.15) is 0 Å². The van der Waals surface area contributed by atoms with Crippen LogP contribution in [-0.2, 0) is 4.74 Å². The van der Waals surface area contributed by atoms with Crippen LogP contribution in [0.25, 0.3) is 0 Å². The number of nitrogens with two attached hydrogens (primary N) is 1. The van der Waals surface area contributed by atoms with Crippen LogP contribution in [0.3, 0.4) is 0 Å². The maximum Gasteiger partial charge on any atom is 0.134 e. The van der Waals surface area contributed by atoms with E-state index in [0.717, 1.165) is 30.2 Å². The van der Waals surface area contributed by atoms with Gasteiger partial charge in [0.1, 0.15) is 18.0 Å². The summed E-state index contributed by atoms with van der Waals surface area (Å²) in [4.78, 5) is 14.7. The highest BCUT2D eigenvalue weighted by Gasteiger charge is 2.33. The lowest BCUT2D eigenvalue weighted by molar-refractivity contribution is 0.118. The Morgan fingerprint density at radius 3 is 3.00 bits per heavy atom. The normalized spacial score (nSPS) is 20.4. The van der Waals surface area contributed by atoms with Crippen molar-refractivity contribution in [3.63, 3.8) is 0 Å². The highest BCUT2D eigenvalue weighted by Crippen LogP contribution is 2.28. The van der Waals surface area contributed by atoms with E-state index < -0.39 is 0 Å². The van der Waals surface area contributed by atoms with E-state index in [1.165, 1.54) is 6.33 Å². The van der Waals surface area contributed by atoms with Gasteiger partial charge in [0, 0.05) is 32.5 Å². The van der Waals surface area contributed by atoms with Crippen LogP contribution >= 0.6 is 11.6 Å². The molecule has 0 spiro atoms. The van der Waals surface area contributed by atoms with Gasteiger partial charge >= 0.3 is 0 Å². The number of methoxy groups -OCH3 is 1. The van der Waals surface area contributed by atoms with Gasteiger partial charge in [0.2, 0.25) is 0 Å². The van der Waals surface area contributed by atoms with Crippen LogP contribution in [0.1, 0.15) is 12.1 Å². The second kappa shape index (κ2) is 7.19. The molecule has 0 aliphatic carbocycles. The fourth-order valence-corrected chi connectivity index (χ4v) is 3.13. The minimum Gasteiger partial charge on any atom is -0.384 e. The predicted molar refractivity (Wildman–Crippen MR) is 95.5 cm³/mol. The summed E-state index contributed by atoms with van der Waals surface area (Å²) in [6, 6.07) is 3.88. The maximum atomic E-state index is 6.31. The van der Waals surface area contributed by atoms with E-state index in [0.29, 0.717) is 17.4 Å². The Morgan fingerprint density at radius 1 is 1.42 bits per heavy atom. The summed E-state index contributed by atoms with van der Waals surface area (Å²) in [6.45, 7) is 3.37. The summed E-state index contributed by atoms with van der Waals surface area (Å²) in [5, 5.41) is 4.06. The SMILES string of the molecule is CO[C@@H]1C[C@H](CNc2ccnc(C)c2Cl)N(c2cc(N)ncn2)C1. The Bertz CT molecular complexity index is 713. The van der Waals surface area contributed by atoms with Crippen LogP contribution < -0.4 is 16.0 Å². The van der Waals surface area contributed by atoms with Crippen molar-refractivity contribution in [2.24, 2.45) is 0 Å². The monoisotopic (exact) mass is 348 g/mol. The van der Waals surface area contributed by atoms with E-state index in [4.69, 9.17) is 22.1 Å². The molecule has 0 radical (unpaired) electrons. The van der Waals surface area contributed by atoms with Crippen molar-refractivity contribution in [1.29, 1.82) is 0 Å². The smallest absolute Gasteiger partial charge is 0.134 e. The van der Waals surface area contributed by atoms with Crippen LogP contribution in [0.4, 0.5) is 17.3 Å². The van der Waals surface area contributed by atoms with E-state index in [2.05, 4.69) is 25.2 Å². The van der Waals surface area contributed by atoms with Crippen molar-refractivity contribution in [2.45, 2.75) is 25.5 Å². The molecule has 2 atom stereocenters. The van der Waals surface area contributed by atoms with E-state index in [-0.39, 0.29) is 12.1 Å². The summed E-state index contributed by atoms with van der Waals surface area (Å²) >= 11 is 6.31. The first-order valence-corrected chi connectivity index (χ1v) is 8.18. The number of rotatable bonds is 5. The quantitative estimate of drug-likeness (QED) is 0.855. The van der Waals surface area contributed by atoms with Gasteiger partial charge in [-0.15, -0.1) is 0 Å². The number of nitrogens with one attached hydrogen (secondary N) is 1. The van der Waals surface area contributed by atoms with E-state index in [9.17, 15) is 0 Å². The number of aromatic nitrogens is 3. The molecule has 3 rings (SSSR count). The number of anilines is 3. The average molecular weight is 349 g/mol. The number of nitrogen functional groups attached to an aromatic ring is 1. The van der Waals surface area contributed by atoms with Crippen LogP contribution in [0.2, 0.25) is 5.02 Å². The standard InChI is InChI=1S/C16H21ClN6O/c1-10-16(17)13(3-4-19-10)20-7-11-5-12(24-2)8-23(11)15-6-14(18)21-9-22-15/h3-4,6,9,11-12H,5,7-8H2,1-2H3,(H,19,20)(H2,18,21,22)/t11-,12-/m1/s1. The molecule has 0 unspecified atom stereocenters. The molecule has 1 aliphatic rings. The summed E-state index contributed by atoms with van der Waals surface area (Å²) in [5.41, 5.74) is 7.48. The molecule has 8 heteroatoms. The molecule has 0 bridgehead atoms. The van der Waals surface area contributed by atoms with Crippen LogP contribution in [0, 0.1) is 6.92 Å². The van der Waals surface area contributed by atoms with Crippen molar-refractivity contribution >= 4 is 28.9 Å². The number of aryl methyl sites for hydroxylation is 1. The zero-order chi connectivity index (χ0) is 17.1. The molecule has 3 N–H and O–H groups in total. The summed E-state index contributed by atoms with van der Waals surface area (Å²) in [5.74, 6) is 1.27. The topological polar surface area (TPSA) is 89.2 Å². The van der Waals surface area contributed by atoms with Crippen molar-refractivity contribution < 1.29 is 4.74 Å². The molecule has 7 nitrogen and oxygen atoms in total. The third kappa shape index (κ3) is 3.52. The maximum absolute atomic E-state index is 6.31. The van der Waals surface area contributed by atoms with Crippen molar-refractivity contribution in [1.82, 2.24) is 15.0 Å². The fourth-order valence-electron chi connectivity index (χ4n) is 2.95. The molecule has 1 fully saturated rings. The van der Waals surface area contributed by atoms with Gasteiger partial charge in [0.15, 0.2) is 0 Å².